The lowest BCUT2D eigenvalue weighted by atomic mass is 10.2. The highest BCUT2D eigenvalue weighted by atomic mass is 16.5. The summed E-state index contributed by atoms with van der Waals surface area (Å²) < 4.78 is 16.0. The number of aliphatic hydroxyl groups is 1. The summed E-state index contributed by atoms with van der Waals surface area (Å²) in [5.41, 5.74) is 2.13. The lowest BCUT2D eigenvalue weighted by Crippen LogP contribution is -2.38. The summed E-state index contributed by atoms with van der Waals surface area (Å²) in [5.74, 6) is 2.74. The highest BCUT2D eigenvalue weighted by Crippen LogP contribution is 2.31. The van der Waals surface area contributed by atoms with Crippen LogP contribution >= 0.6 is 0 Å². The Bertz CT molecular complexity index is 950. The Kier molecular flexibility index (Phi) is 7.62. The molecule has 8 nitrogen and oxygen atoms in total. The van der Waals surface area contributed by atoms with Crippen LogP contribution in [0.4, 0.5) is 0 Å². The number of fused-ring (bicyclic) bond motifs is 1. The van der Waals surface area contributed by atoms with Gasteiger partial charge in [0.2, 0.25) is 0 Å². The van der Waals surface area contributed by atoms with Crippen LogP contribution in [0.5, 0.6) is 11.5 Å². The molecule has 0 aliphatic carbocycles. The van der Waals surface area contributed by atoms with Gasteiger partial charge in [-0.15, -0.1) is 0 Å². The van der Waals surface area contributed by atoms with Crippen LogP contribution in [0.2, 0.25) is 0 Å². The largest absolute Gasteiger partial charge is 0.497 e. The van der Waals surface area contributed by atoms with Crippen LogP contribution in [0, 0.1) is 0 Å². The topological polar surface area (TPSA) is 104 Å². The fourth-order valence-electron chi connectivity index (χ4n) is 3.23. The molecule has 3 rings (SSSR count). The van der Waals surface area contributed by atoms with E-state index in [-0.39, 0.29) is 6.54 Å². The third-order valence-corrected chi connectivity index (χ3v) is 4.74. The van der Waals surface area contributed by atoms with E-state index in [4.69, 9.17) is 13.9 Å². The number of aliphatic imine (C=N–C) groups is 1. The van der Waals surface area contributed by atoms with Crippen LogP contribution in [0.1, 0.15) is 30.9 Å². The minimum atomic E-state index is -0.756. The number of ether oxygens (including phenoxy) is 2. The average Bonchev–Trinajstić information content (AvgIpc) is 3.43. The first-order valence-corrected chi connectivity index (χ1v) is 10.1. The molecule has 0 aliphatic rings. The first-order chi connectivity index (χ1) is 14.6. The summed E-state index contributed by atoms with van der Waals surface area (Å²) in [6.45, 7) is 3.73. The molecular formula is C22H30N4O4. The maximum atomic E-state index is 10.1. The molecule has 1 unspecified atom stereocenters. The molecule has 0 fully saturated rings. The Hall–Kier alpha value is -3.13. The molecule has 1 aromatic carbocycles. The summed E-state index contributed by atoms with van der Waals surface area (Å²) >= 11 is 0. The van der Waals surface area contributed by atoms with E-state index in [2.05, 4.69) is 26.7 Å². The van der Waals surface area contributed by atoms with Gasteiger partial charge in [0.1, 0.15) is 23.4 Å². The summed E-state index contributed by atoms with van der Waals surface area (Å²) in [6, 6.07) is 9.47. The zero-order valence-corrected chi connectivity index (χ0v) is 17.7. The van der Waals surface area contributed by atoms with Gasteiger partial charge < -0.3 is 34.6 Å². The quantitative estimate of drug-likeness (QED) is 0.231. The van der Waals surface area contributed by atoms with Gasteiger partial charge in [-0.05, 0) is 38.0 Å². The molecule has 0 saturated heterocycles. The summed E-state index contributed by atoms with van der Waals surface area (Å²) in [6.07, 6.45) is 2.58. The van der Waals surface area contributed by atoms with E-state index in [1.54, 1.807) is 32.6 Å². The van der Waals surface area contributed by atoms with Crippen molar-refractivity contribution in [2.75, 3.05) is 33.9 Å². The molecule has 0 amide bonds. The summed E-state index contributed by atoms with van der Waals surface area (Å²) in [4.78, 5) is 7.87. The average molecular weight is 415 g/mol. The zero-order valence-electron chi connectivity index (χ0n) is 17.7. The van der Waals surface area contributed by atoms with E-state index in [0.29, 0.717) is 11.7 Å². The summed E-state index contributed by atoms with van der Waals surface area (Å²) in [5, 5.41) is 17.7. The van der Waals surface area contributed by atoms with E-state index in [0.717, 1.165) is 54.0 Å². The molecule has 162 valence electrons. The number of rotatable bonds is 10. The van der Waals surface area contributed by atoms with Crippen molar-refractivity contribution in [1.82, 2.24) is 15.6 Å². The second-order valence-electron chi connectivity index (χ2n) is 6.87. The fourth-order valence-corrected chi connectivity index (χ4v) is 3.23. The van der Waals surface area contributed by atoms with Crippen LogP contribution in [-0.4, -0.2) is 49.9 Å². The zero-order chi connectivity index (χ0) is 21.3. The normalized spacial score (nSPS) is 12.7. The molecule has 2 heterocycles. The Balaban J connectivity index is 1.53. The number of methoxy groups -OCH3 is 2. The first kappa shape index (κ1) is 21.6. The van der Waals surface area contributed by atoms with Crippen LogP contribution in [0.15, 0.2) is 46.0 Å². The van der Waals surface area contributed by atoms with Crippen LogP contribution in [0.25, 0.3) is 10.9 Å². The van der Waals surface area contributed by atoms with Crippen molar-refractivity contribution in [2.24, 2.45) is 4.99 Å². The second-order valence-corrected chi connectivity index (χ2v) is 6.87. The number of aromatic amines is 1. The number of furan rings is 1. The van der Waals surface area contributed by atoms with Gasteiger partial charge in [0.25, 0.3) is 0 Å². The minimum Gasteiger partial charge on any atom is -0.497 e. The standard InChI is InChI=1S/C22H30N4O4/c1-4-23-22(25-14-19(27)20-8-6-10-30-20)24-9-5-7-15-11-17-18(26-15)12-16(28-2)13-21(17)29-3/h6,8,10-13,19,26-27H,4-5,7,9,14H2,1-3H3,(H2,23,24,25). The minimum absolute atomic E-state index is 0.229. The lowest BCUT2D eigenvalue weighted by Gasteiger charge is -2.12. The van der Waals surface area contributed by atoms with Crippen molar-refractivity contribution in [2.45, 2.75) is 25.9 Å². The number of benzene rings is 1. The third kappa shape index (κ3) is 5.48. The number of aryl methyl sites for hydroxylation is 1. The number of nitrogens with zero attached hydrogens (tertiary/aromatic N) is 1. The maximum Gasteiger partial charge on any atom is 0.191 e. The van der Waals surface area contributed by atoms with Gasteiger partial charge in [-0.1, -0.05) is 0 Å². The summed E-state index contributed by atoms with van der Waals surface area (Å²) in [7, 11) is 3.31. The highest BCUT2D eigenvalue weighted by molar-refractivity contribution is 5.88. The van der Waals surface area contributed by atoms with Crippen molar-refractivity contribution >= 4 is 16.9 Å². The third-order valence-electron chi connectivity index (χ3n) is 4.74. The van der Waals surface area contributed by atoms with Gasteiger partial charge >= 0.3 is 0 Å². The van der Waals surface area contributed by atoms with Crippen molar-refractivity contribution in [1.29, 1.82) is 0 Å². The first-order valence-electron chi connectivity index (χ1n) is 10.1. The molecule has 0 radical (unpaired) electrons. The van der Waals surface area contributed by atoms with Crippen LogP contribution in [0.3, 0.4) is 0 Å². The number of H-pyrrole nitrogens is 1. The number of guanidine groups is 1. The number of hydrogen-bond acceptors (Lipinski definition) is 5. The molecule has 0 aliphatic heterocycles. The molecule has 30 heavy (non-hydrogen) atoms. The Morgan fingerprint density at radius 1 is 1.23 bits per heavy atom. The molecular weight excluding hydrogens is 384 g/mol. The van der Waals surface area contributed by atoms with Gasteiger partial charge in [-0.3, -0.25) is 4.99 Å². The fraction of sp³-hybridized carbons (Fsp3) is 0.409. The molecule has 0 bridgehead atoms. The molecule has 3 aromatic rings. The molecule has 8 heteroatoms. The number of hydrogen-bond donors (Lipinski definition) is 4. The SMILES string of the molecule is CCNC(=NCC(O)c1ccco1)NCCCc1cc2c(OC)cc(OC)cc2[nH]1. The number of aromatic nitrogens is 1. The van der Waals surface area contributed by atoms with E-state index in [1.807, 2.05) is 19.1 Å². The second kappa shape index (κ2) is 10.6. The van der Waals surface area contributed by atoms with Gasteiger partial charge in [0.05, 0.1) is 32.5 Å². The Labute approximate surface area is 176 Å². The van der Waals surface area contributed by atoms with Crippen molar-refractivity contribution in [3.8, 4) is 11.5 Å². The maximum absolute atomic E-state index is 10.1. The van der Waals surface area contributed by atoms with Crippen LogP contribution < -0.4 is 20.1 Å². The number of aliphatic hydroxyl groups excluding tert-OH is 1. The van der Waals surface area contributed by atoms with Gasteiger partial charge in [0, 0.05) is 36.3 Å². The molecule has 0 saturated carbocycles. The predicted molar refractivity (Wildman–Crippen MR) is 117 cm³/mol. The predicted octanol–water partition coefficient (Wildman–Crippen LogP) is 3.00. The number of nitrogens with one attached hydrogen (secondary N) is 3. The lowest BCUT2D eigenvalue weighted by molar-refractivity contribution is 0.158. The monoisotopic (exact) mass is 414 g/mol. The van der Waals surface area contributed by atoms with E-state index in [9.17, 15) is 5.11 Å². The van der Waals surface area contributed by atoms with E-state index < -0.39 is 6.10 Å². The van der Waals surface area contributed by atoms with E-state index in [1.165, 1.54) is 0 Å². The molecule has 1 atom stereocenters. The highest BCUT2D eigenvalue weighted by Gasteiger charge is 2.11. The molecule has 0 spiro atoms. The van der Waals surface area contributed by atoms with Crippen molar-refractivity contribution in [3.05, 3.63) is 48.0 Å². The van der Waals surface area contributed by atoms with Crippen molar-refractivity contribution in [3.63, 3.8) is 0 Å². The van der Waals surface area contributed by atoms with Gasteiger partial charge in [-0.25, -0.2) is 0 Å². The Morgan fingerprint density at radius 2 is 2.10 bits per heavy atom. The van der Waals surface area contributed by atoms with Crippen molar-refractivity contribution < 1.29 is 19.0 Å². The Morgan fingerprint density at radius 3 is 2.80 bits per heavy atom. The van der Waals surface area contributed by atoms with E-state index >= 15 is 0 Å². The molecule has 2 aromatic heterocycles. The van der Waals surface area contributed by atoms with Gasteiger partial charge in [0.15, 0.2) is 5.96 Å². The van der Waals surface area contributed by atoms with Crippen LogP contribution in [-0.2, 0) is 6.42 Å². The smallest absolute Gasteiger partial charge is 0.191 e. The molecule has 4 N–H and O–H groups in total. The van der Waals surface area contributed by atoms with Gasteiger partial charge in [-0.2, -0.15) is 0 Å².